The van der Waals surface area contributed by atoms with Crippen LogP contribution in [0.25, 0.3) is 0 Å². The van der Waals surface area contributed by atoms with Crippen LogP contribution in [-0.4, -0.2) is 56.2 Å². The monoisotopic (exact) mass is 407 g/mol. The van der Waals surface area contributed by atoms with E-state index in [1.807, 2.05) is 35.2 Å². The first-order valence-corrected chi connectivity index (χ1v) is 10.6. The van der Waals surface area contributed by atoms with E-state index in [4.69, 9.17) is 0 Å². The van der Waals surface area contributed by atoms with E-state index in [1.165, 1.54) is 11.3 Å². The highest BCUT2D eigenvalue weighted by molar-refractivity contribution is 7.07. The molecule has 4 heterocycles. The van der Waals surface area contributed by atoms with Gasteiger partial charge in [0.25, 0.3) is 5.91 Å². The van der Waals surface area contributed by atoms with E-state index in [1.54, 1.807) is 22.1 Å². The number of thiazole rings is 1. The van der Waals surface area contributed by atoms with Crippen LogP contribution in [0.5, 0.6) is 0 Å². The first kappa shape index (κ1) is 18.1. The number of hydrogen-bond donors (Lipinski definition) is 1. The number of carbonyl (C=O) groups excluding carboxylic acids is 2. The van der Waals surface area contributed by atoms with Crippen molar-refractivity contribution in [2.24, 2.45) is 5.41 Å². The fraction of sp³-hybridized carbons (Fsp3) is 0.333. The lowest BCUT2D eigenvalue weighted by atomic mass is 9.73. The van der Waals surface area contributed by atoms with E-state index in [0.29, 0.717) is 38.3 Å². The summed E-state index contributed by atoms with van der Waals surface area (Å²) in [6, 6.07) is 10.0. The van der Waals surface area contributed by atoms with Crippen molar-refractivity contribution in [3.63, 3.8) is 0 Å². The normalized spacial score (nSPS) is 17.5. The topological polar surface area (TPSA) is 82.2 Å². The third kappa shape index (κ3) is 3.23. The van der Waals surface area contributed by atoms with Crippen LogP contribution >= 0.6 is 11.3 Å². The molecular weight excluding hydrogens is 386 g/mol. The molecule has 2 aromatic heterocycles. The standard InChI is InChI=1S/C21H21N5O2S/c27-19(18-10-29-14-24-18)26-11-21(12-26,8-15-4-2-1-3-5-15)20(28)25-7-6-16-17(9-25)23-13-22-16/h1-5,10,13-14H,6-9,11-12H2,(H,22,23). The molecule has 7 nitrogen and oxygen atoms in total. The summed E-state index contributed by atoms with van der Waals surface area (Å²) in [6.45, 7) is 2.05. The minimum Gasteiger partial charge on any atom is -0.347 e. The van der Waals surface area contributed by atoms with Gasteiger partial charge in [-0.15, -0.1) is 11.3 Å². The predicted octanol–water partition coefficient (Wildman–Crippen LogP) is 2.14. The van der Waals surface area contributed by atoms with Gasteiger partial charge in [-0.25, -0.2) is 9.97 Å². The Morgan fingerprint density at radius 2 is 1.97 bits per heavy atom. The number of imidazole rings is 1. The molecular formula is C21H21N5O2S. The zero-order chi connectivity index (χ0) is 19.8. The highest BCUT2D eigenvalue weighted by atomic mass is 32.1. The molecule has 148 valence electrons. The molecule has 1 saturated heterocycles. The van der Waals surface area contributed by atoms with Gasteiger partial charge in [0, 0.05) is 31.4 Å². The molecule has 1 N–H and O–H groups in total. The Balaban J connectivity index is 1.38. The van der Waals surface area contributed by atoms with Crippen molar-refractivity contribution < 1.29 is 9.59 Å². The number of nitrogens with zero attached hydrogens (tertiary/aromatic N) is 4. The van der Waals surface area contributed by atoms with Gasteiger partial charge in [-0.05, 0) is 12.0 Å². The van der Waals surface area contributed by atoms with Gasteiger partial charge in [-0.2, -0.15) is 0 Å². The molecule has 0 unspecified atom stereocenters. The van der Waals surface area contributed by atoms with E-state index in [9.17, 15) is 9.59 Å². The number of carbonyl (C=O) groups is 2. The van der Waals surface area contributed by atoms with Crippen LogP contribution in [0.3, 0.4) is 0 Å². The van der Waals surface area contributed by atoms with Crippen molar-refractivity contribution in [2.45, 2.75) is 19.4 Å². The maximum atomic E-state index is 13.6. The lowest BCUT2D eigenvalue weighted by Gasteiger charge is -2.50. The van der Waals surface area contributed by atoms with Crippen molar-refractivity contribution in [1.82, 2.24) is 24.8 Å². The molecule has 29 heavy (non-hydrogen) atoms. The Kier molecular flexibility index (Phi) is 4.43. The second-order valence-electron chi connectivity index (χ2n) is 7.78. The van der Waals surface area contributed by atoms with Crippen LogP contribution in [0.4, 0.5) is 0 Å². The quantitative estimate of drug-likeness (QED) is 0.718. The summed E-state index contributed by atoms with van der Waals surface area (Å²) in [5.74, 6) is 0.0150. The molecule has 2 aliphatic heterocycles. The molecule has 0 atom stereocenters. The lowest BCUT2D eigenvalue weighted by molar-refractivity contribution is -0.152. The van der Waals surface area contributed by atoms with E-state index in [-0.39, 0.29) is 11.8 Å². The number of benzene rings is 1. The molecule has 0 spiro atoms. The van der Waals surface area contributed by atoms with Crippen LogP contribution in [0, 0.1) is 5.41 Å². The van der Waals surface area contributed by atoms with E-state index in [2.05, 4.69) is 15.0 Å². The number of aromatic amines is 1. The molecule has 0 saturated carbocycles. The molecule has 0 bridgehead atoms. The lowest BCUT2D eigenvalue weighted by Crippen LogP contribution is -2.66. The molecule has 2 aliphatic rings. The molecule has 8 heteroatoms. The minimum atomic E-state index is -0.593. The second kappa shape index (κ2) is 7.11. The van der Waals surface area contributed by atoms with Crippen molar-refractivity contribution in [3.05, 3.63) is 70.2 Å². The maximum absolute atomic E-state index is 13.6. The van der Waals surface area contributed by atoms with Gasteiger partial charge < -0.3 is 14.8 Å². The van der Waals surface area contributed by atoms with Crippen molar-refractivity contribution in [1.29, 1.82) is 0 Å². The van der Waals surface area contributed by atoms with E-state index < -0.39 is 5.41 Å². The summed E-state index contributed by atoms with van der Waals surface area (Å²) in [4.78, 5) is 41.6. The Hall–Kier alpha value is -3.00. The van der Waals surface area contributed by atoms with Crippen LogP contribution in [-0.2, 0) is 24.2 Å². The zero-order valence-corrected chi connectivity index (χ0v) is 16.7. The first-order chi connectivity index (χ1) is 14.1. The Labute approximate surface area is 172 Å². The number of hydrogen-bond acceptors (Lipinski definition) is 5. The second-order valence-corrected chi connectivity index (χ2v) is 8.50. The Morgan fingerprint density at radius 3 is 2.72 bits per heavy atom. The minimum absolute atomic E-state index is 0.0998. The van der Waals surface area contributed by atoms with E-state index in [0.717, 1.165) is 23.4 Å². The van der Waals surface area contributed by atoms with Crippen LogP contribution in [0.1, 0.15) is 27.4 Å². The smallest absolute Gasteiger partial charge is 0.273 e. The summed E-state index contributed by atoms with van der Waals surface area (Å²) >= 11 is 1.40. The molecule has 0 aliphatic carbocycles. The van der Waals surface area contributed by atoms with Crippen molar-refractivity contribution in [2.75, 3.05) is 19.6 Å². The number of amides is 2. The van der Waals surface area contributed by atoms with Gasteiger partial charge in [0.05, 0.1) is 35.2 Å². The summed E-state index contributed by atoms with van der Waals surface area (Å²) in [7, 11) is 0. The third-order valence-corrected chi connectivity index (χ3v) is 6.41. The van der Waals surface area contributed by atoms with E-state index >= 15 is 0 Å². The number of rotatable bonds is 4. The highest BCUT2D eigenvalue weighted by Crippen LogP contribution is 2.38. The number of fused-ring (bicyclic) bond motifs is 1. The average molecular weight is 407 g/mol. The molecule has 2 amide bonds. The van der Waals surface area contributed by atoms with Gasteiger partial charge in [0.1, 0.15) is 5.69 Å². The fourth-order valence-corrected chi connectivity index (χ4v) is 4.86. The molecule has 0 radical (unpaired) electrons. The number of likely N-dealkylation sites (tertiary alicyclic amines) is 1. The first-order valence-electron chi connectivity index (χ1n) is 9.66. The Morgan fingerprint density at radius 1 is 1.14 bits per heavy atom. The highest BCUT2D eigenvalue weighted by Gasteiger charge is 2.53. The summed E-state index contributed by atoms with van der Waals surface area (Å²) in [5, 5.41) is 1.76. The number of nitrogens with one attached hydrogen (secondary N) is 1. The zero-order valence-electron chi connectivity index (χ0n) is 15.9. The van der Waals surface area contributed by atoms with Gasteiger partial charge in [-0.3, -0.25) is 9.59 Å². The Bertz CT molecular complexity index is 1020. The molecule has 5 rings (SSSR count). The van der Waals surface area contributed by atoms with Gasteiger partial charge in [-0.1, -0.05) is 30.3 Å². The number of aromatic nitrogens is 3. The SMILES string of the molecule is O=C(c1cscn1)N1CC(Cc2ccccc2)(C(=O)N2CCc3nc[nH]c3C2)C1. The van der Waals surface area contributed by atoms with Gasteiger partial charge in [0.2, 0.25) is 5.91 Å². The van der Waals surface area contributed by atoms with Crippen LogP contribution in [0.2, 0.25) is 0 Å². The van der Waals surface area contributed by atoms with Gasteiger partial charge in [0.15, 0.2) is 0 Å². The largest absolute Gasteiger partial charge is 0.347 e. The van der Waals surface area contributed by atoms with Crippen LogP contribution < -0.4 is 0 Å². The predicted molar refractivity (Wildman–Crippen MR) is 108 cm³/mol. The third-order valence-electron chi connectivity index (χ3n) is 5.83. The average Bonchev–Trinajstić information content (AvgIpc) is 3.41. The summed E-state index contributed by atoms with van der Waals surface area (Å²) in [6.07, 6.45) is 3.07. The summed E-state index contributed by atoms with van der Waals surface area (Å²) in [5.41, 5.74) is 4.68. The van der Waals surface area contributed by atoms with Gasteiger partial charge >= 0.3 is 0 Å². The van der Waals surface area contributed by atoms with Crippen molar-refractivity contribution in [3.8, 4) is 0 Å². The fourth-order valence-electron chi connectivity index (χ4n) is 4.34. The summed E-state index contributed by atoms with van der Waals surface area (Å²) < 4.78 is 0. The van der Waals surface area contributed by atoms with Crippen molar-refractivity contribution >= 4 is 23.2 Å². The number of H-pyrrole nitrogens is 1. The molecule has 1 aromatic carbocycles. The molecule has 3 aromatic rings. The maximum Gasteiger partial charge on any atom is 0.273 e. The molecule has 1 fully saturated rings. The van der Waals surface area contributed by atoms with Crippen LogP contribution in [0.15, 0.2) is 47.5 Å².